The second kappa shape index (κ2) is 5.71. The molecule has 0 radical (unpaired) electrons. The fourth-order valence-electron chi connectivity index (χ4n) is 2.81. The second-order valence-corrected chi connectivity index (χ2v) is 5.59. The molecule has 1 saturated heterocycles. The first kappa shape index (κ1) is 15.0. The molecule has 0 bridgehead atoms. The maximum absolute atomic E-state index is 11.0. The number of anilines is 1. The topological polar surface area (TPSA) is 99.8 Å². The van der Waals surface area contributed by atoms with Crippen LogP contribution in [-0.4, -0.2) is 52.2 Å². The van der Waals surface area contributed by atoms with Crippen molar-refractivity contribution in [1.29, 1.82) is 0 Å². The lowest BCUT2D eigenvalue weighted by atomic mass is 10.2. The quantitative estimate of drug-likeness (QED) is 0.689. The fourth-order valence-corrected chi connectivity index (χ4v) is 2.81. The van der Waals surface area contributed by atoms with Gasteiger partial charge in [-0.2, -0.15) is 0 Å². The average Bonchev–Trinajstić information content (AvgIpc) is 3.02. The predicted molar refractivity (Wildman–Crippen MR) is 84.8 cm³/mol. The highest BCUT2D eigenvalue weighted by Crippen LogP contribution is 2.25. The first-order valence-electron chi connectivity index (χ1n) is 7.21. The first-order valence-corrected chi connectivity index (χ1v) is 7.21. The number of carboxylic acid groups (broad SMARTS) is 1. The number of rotatable bonds is 3. The van der Waals surface area contributed by atoms with Gasteiger partial charge in [-0.1, -0.05) is 0 Å². The number of pyridine rings is 1. The summed E-state index contributed by atoms with van der Waals surface area (Å²) in [5.41, 5.74) is 0.722. The number of nitro groups is 1. The number of aromatic nitrogens is 1. The number of likely N-dealkylation sites (N-methyl/N-ethyl adjacent to an activating group) is 1. The van der Waals surface area contributed by atoms with Crippen molar-refractivity contribution in [3.63, 3.8) is 0 Å². The van der Waals surface area contributed by atoms with Gasteiger partial charge in [0.1, 0.15) is 5.82 Å². The van der Waals surface area contributed by atoms with Crippen molar-refractivity contribution in [3.05, 3.63) is 40.4 Å². The molecule has 1 fully saturated rings. The summed E-state index contributed by atoms with van der Waals surface area (Å²) in [6.07, 6.45) is -0.182. The van der Waals surface area contributed by atoms with Gasteiger partial charge in [0, 0.05) is 37.7 Å². The van der Waals surface area contributed by atoms with Crippen LogP contribution >= 0.6 is 0 Å². The van der Waals surface area contributed by atoms with Crippen LogP contribution in [0.2, 0.25) is 0 Å². The van der Waals surface area contributed by atoms with Gasteiger partial charge in [0.25, 0.3) is 5.69 Å². The highest BCUT2D eigenvalue weighted by molar-refractivity contribution is 5.82. The van der Waals surface area contributed by atoms with Gasteiger partial charge in [-0.15, -0.1) is 0 Å². The van der Waals surface area contributed by atoms with E-state index in [9.17, 15) is 14.9 Å². The lowest BCUT2D eigenvalue weighted by Crippen LogP contribution is -2.38. The Labute approximate surface area is 132 Å². The molecule has 1 aromatic heterocycles. The Morgan fingerprint density at radius 1 is 1.43 bits per heavy atom. The molecule has 3 rings (SSSR count). The highest BCUT2D eigenvalue weighted by Gasteiger charge is 2.29. The molecule has 0 spiro atoms. The number of nitrogens with zero attached hydrogens (tertiary/aromatic N) is 4. The Balaban J connectivity index is 1.83. The van der Waals surface area contributed by atoms with E-state index in [0.717, 1.165) is 18.8 Å². The Morgan fingerprint density at radius 2 is 2.22 bits per heavy atom. The van der Waals surface area contributed by atoms with Crippen molar-refractivity contribution in [1.82, 2.24) is 9.88 Å². The van der Waals surface area contributed by atoms with Gasteiger partial charge in [0.2, 0.25) is 0 Å². The normalized spacial score (nSPS) is 17.4. The summed E-state index contributed by atoms with van der Waals surface area (Å²) >= 11 is 0. The Bertz CT molecular complexity index is 779. The fraction of sp³-hybridized carbons (Fsp3) is 0.333. The van der Waals surface area contributed by atoms with Gasteiger partial charge < -0.3 is 14.9 Å². The maximum atomic E-state index is 11.0. The zero-order valence-electron chi connectivity index (χ0n) is 12.5. The van der Waals surface area contributed by atoms with Crippen LogP contribution in [0.4, 0.5) is 16.3 Å². The molecule has 23 heavy (non-hydrogen) atoms. The molecule has 2 heterocycles. The molecular formula is C15H16N4O4. The Kier molecular flexibility index (Phi) is 3.73. The molecule has 1 aliphatic rings. The summed E-state index contributed by atoms with van der Waals surface area (Å²) in [7, 11) is 1.57. The van der Waals surface area contributed by atoms with Crippen molar-refractivity contribution in [3.8, 4) is 0 Å². The SMILES string of the molecule is CN(C(=O)O)C1CCN(c2ccc3cc([N+](=O)[O-])ccc3n2)C1. The van der Waals surface area contributed by atoms with E-state index in [1.807, 2.05) is 11.0 Å². The molecule has 120 valence electrons. The van der Waals surface area contributed by atoms with Crippen LogP contribution in [0.1, 0.15) is 6.42 Å². The molecule has 8 heteroatoms. The van der Waals surface area contributed by atoms with Gasteiger partial charge >= 0.3 is 6.09 Å². The van der Waals surface area contributed by atoms with Gasteiger partial charge in [-0.3, -0.25) is 10.1 Å². The third-order valence-electron chi connectivity index (χ3n) is 4.21. The number of nitro benzene ring substituents is 1. The summed E-state index contributed by atoms with van der Waals surface area (Å²) in [6.45, 7) is 1.32. The first-order chi connectivity index (χ1) is 11.0. The minimum Gasteiger partial charge on any atom is -0.465 e. The number of fused-ring (bicyclic) bond motifs is 1. The second-order valence-electron chi connectivity index (χ2n) is 5.59. The molecule has 2 aromatic rings. The van der Waals surface area contributed by atoms with Crippen molar-refractivity contribution in [2.45, 2.75) is 12.5 Å². The van der Waals surface area contributed by atoms with Crippen LogP contribution in [0.15, 0.2) is 30.3 Å². The molecule has 1 N–H and O–H groups in total. The Morgan fingerprint density at radius 3 is 2.91 bits per heavy atom. The van der Waals surface area contributed by atoms with Crippen LogP contribution in [0, 0.1) is 10.1 Å². The smallest absolute Gasteiger partial charge is 0.407 e. The highest BCUT2D eigenvalue weighted by atomic mass is 16.6. The van der Waals surface area contributed by atoms with E-state index in [-0.39, 0.29) is 11.7 Å². The predicted octanol–water partition coefficient (Wildman–Crippen LogP) is 2.33. The van der Waals surface area contributed by atoms with Gasteiger partial charge in [0.05, 0.1) is 16.5 Å². The number of benzene rings is 1. The molecule has 1 atom stereocenters. The lowest BCUT2D eigenvalue weighted by molar-refractivity contribution is -0.384. The summed E-state index contributed by atoms with van der Waals surface area (Å²) < 4.78 is 0. The average molecular weight is 316 g/mol. The summed E-state index contributed by atoms with van der Waals surface area (Å²) in [5.74, 6) is 0.757. The van der Waals surface area contributed by atoms with Crippen molar-refractivity contribution in [2.75, 3.05) is 25.0 Å². The number of carbonyl (C=O) groups is 1. The van der Waals surface area contributed by atoms with E-state index in [0.29, 0.717) is 17.4 Å². The van der Waals surface area contributed by atoms with Gasteiger partial charge in [0.15, 0.2) is 0 Å². The van der Waals surface area contributed by atoms with Crippen LogP contribution in [-0.2, 0) is 0 Å². The zero-order valence-corrected chi connectivity index (χ0v) is 12.5. The largest absolute Gasteiger partial charge is 0.465 e. The minimum absolute atomic E-state index is 0.0383. The van der Waals surface area contributed by atoms with Crippen molar-refractivity contribution >= 4 is 28.5 Å². The van der Waals surface area contributed by atoms with E-state index in [1.165, 1.54) is 17.0 Å². The molecule has 0 saturated carbocycles. The molecular weight excluding hydrogens is 300 g/mol. The van der Waals surface area contributed by atoms with Crippen LogP contribution in [0.5, 0.6) is 0 Å². The zero-order chi connectivity index (χ0) is 16.6. The van der Waals surface area contributed by atoms with Crippen LogP contribution in [0.25, 0.3) is 10.9 Å². The van der Waals surface area contributed by atoms with Gasteiger partial charge in [-0.25, -0.2) is 9.78 Å². The number of hydrogen-bond acceptors (Lipinski definition) is 5. The van der Waals surface area contributed by atoms with E-state index in [2.05, 4.69) is 4.98 Å². The third-order valence-corrected chi connectivity index (χ3v) is 4.21. The minimum atomic E-state index is -0.935. The van der Waals surface area contributed by atoms with Gasteiger partial charge in [-0.05, 0) is 24.6 Å². The Hall–Kier alpha value is -2.90. The summed E-state index contributed by atoms with van der Waals surface area (Å²) in [4.78, 5) is 29.3. The molecule has 1 aromatic carbocycles. The van der Waals surface area contributed by atoms with E-state index < -0.39 is 11.0 Å². The summed E-state index contributed by atoms with van der Waals surface area (Å²) in [5, 5.41) is 20.6. The maximum Gasteiger partial charge on any atom is 0.407 e. The van der Waals surface area contributed by atoms with E-state index in [1.54, 1.807) is 19.2 Å². The number of amides is 1. The standard InChI is InChI=1S/C15H16N4O4/c1-17(15(20)21)12-6-7-18(9-12)14-5-2-10-8-11(19(22)23)3-4-13(10)16-14/h2-5,8,12H,6-7,9H2,1H3,(H,20,21). The van der Waals surface area contributed by atoms with Crippen LogP contribution < -0.4 is 4.90 Å². The lowest BCUT2D eigenvalue weighted by Gasteiger charge is -2.22. The summed E-state index contributed by atoms with van der Waals surface area (Å²) in [6, 6.07) is 8.13. The third kappa shape index (κ3) is 2.87. The van der Waals surface area contributed by atoms with Crippen LogP contribution in [0.3, 0.4) is 0 Å². The van der Waals surface area contributed by atoms with E-state index in [4.69, 9.17) is 5.11 Å². The molecule has 1 aliphatic heterocycles. The van der Waals surface area contributed by atoms with E-state index >= 15 is 0 Å². The molecule has 1 unspecified atom stereocenters. The monoisotopic (exact) mass is 316 g/mol. The number of hydrogen-bond donors (Lipinski definition) is 1. The molecule has 0 aliphatic carbocycles. The van der Waals surface area contributed by atoms with Crippen molar-refractivity contribution in [2.24, 2.45) is 0 Å². The molecule has 8 nitrogen and oxygen atoms in total. The number of non-ortho nitro benzene ring substituents is 1. The molecule has 1 amide bonds. The van der Waals surface area contributed by atoms with Crippen molar-refractivity contribution < 1.29 is 14.8 Å².